The summed E-state index contributed by atoms with van der Waals surface area (Å²) in [5.41, 5.74) is 6.14. The van der Waals surface area contributed by atoms with E-state index in [9.17, 15) is 4.79 Å². The zero-order valence-corrected chi connectivity index (χ0v) is 6.98. The first-order chi connectivity index (χ1) is 5.52. The molecule has 0 bridgehead atoms. The number of aromatic nitrogens is 2. The van der Waals surface area contributed by atoms with E-state index >= 15 is 0 Å². The lowest BCUT2D eigenvalue weighted by atomic mass is 10.3. The molecule has 0 spiro atoms. The molecule has 0 unspecified atom stereocenters. The Morgan fingerprint density at radius 3 is 2.75 bits per heavy atom. The maximum Gasteiger partial charge on any atom is 0.328 e. The Kier molecular flexibility index (Phi) is 2.03. The molecule has 1 heterocycles. The standard InChI is InChI=1S/C7H11N3O2/c1-4-3-6(8)9-10(4)5(2)7(11)12/h3,5H,1-2H3,(H2,8,9)(H,11,12)/t5-/m0/s1. The van der Waals surface area contributed by atoms with E-state index in [1.807, 2.05) is 0 Å². The van der Waals surface area contributed by atoms with Crippen LogP contribution in [0.3, 0.4) is 0 Å². The fourth-order valence-electron chi connectivity index (χ4n) is 1.01. The molecule has 0 aromatic carbocycles. The van der Waals surface area contributed by atoms with Gasteiger partial charge in [0.15, 0.2) is 0 Å². The number of carbonyl (C=O) groups is 1. The summed E-state index contributed by atoms with van der Waals surface area (Å²) in [5, 5.41) is 12.5. The minimum atomic E-state index is -0.916. The fourth-order valence-corrected chi connectivity index (χ4v) is 1.01. The number of rotatable bonds is 2. The van der Waals surface area contributed by atoms with Crippen molar-refractivity contribution in [3.8, 4) is 0 Å². The Labute approximate surface area is 69.8 Å². The maximum absolute atomic E-state index is 10.6. The quantitative estimate of drug-likeness (QED) is 0.672. The number of nitrogens with two attached hydrogens (primary N) is 1. The van der Waals surface area contributed by atoms with Gasteiger partial charge in [0, 0.05) is 11.8 Å². The third-order valence-electron chi connectivity index (χ3n) is 1.67. The molecule has 0 radical (unpaired) electrons. The monoisotopic (exact) mass is 169 g/mol. The van der Waals surface area contributed by atoms with Crippen molar-refractivity contribution in [2.24, 2.45) is 0 Å². The molecule has 1 rings (SSSR count). The highest BCUT2D eigenvalue weighted by atomic mass is 16.4. The van der Waals surface area contributed by atoms with E-state index in [-0.39, 0.29) is 0 Å². The third-order valence-corrected chi connectivity index (χ3v) is 1.67. The highest BCUT2D eigenvalue weighted by molar-refractivity contribution is 5.71. The predicted octanol–water partition coefficient (Wildman–Crippen LogP) is 0.419. The van der Waals surface area contributed by atoms with Crippen molar-refractivity contribution in [2.45, 2.75) is 19.9 Å². The molecule has 1 aromatic rings. The largest absolute Gasteiger partial charge is 0.480 e. The first-order valence-corrected chi connectivity index (χ1v) is 3.57. The van der Waals surface area contributed by atoms with Crippen LogP contribution in [-0.4, -0.2) is 20.9 Å². The van der Waals surface area contributed by atoms with E-state index in [0.29, 0.717) is 5.82 Å². The Balaban J connectivity index is 3.02. The second kappa shape index (κ2) is 2.84. The number of anilines is 1. The maximum atomic E-state index is 10.6. The lowest BCUT2D eigenvalue weighted by Gasteiger charge is -2.07. The molecule has 3 N–H and O–H groups in total. The average molecular weight is 169 g/mol. The number of aryl methyl sites for hydroxylation is 1. The fraction of sp³-hybridized carbons (Fsp3) is 0.429. The van der Waals surface area contributed by atoms with Gasteiger partial charge in [0.1, 0.15) is 11.9 Å². The summed E-state index contributed by atoms with van der Waals surface area (Å²) in [4.78, 5) is 10.6. The number of hydrogen-bond donors (Lipinski definition) is 2. The van der Waals surface area contributed by atoms with E-state index < -0.39 is 12.0 Å². The molecule has 12 heavy (non-hydrogen) atoms. The van der Waals surface area contributed by atoms with E-state index in [0.717, 1.165) is 5.69 Å². The Hall–Kier alpha value is -1.52. The van der Waals surface area contributed by atoms with Crippen LogP contribution in [0.2, 0.25) is 0 Å². The van der Waals surface area contributed by atoms with Crippen LogP contribution in [0.25, 0.3) is 0 Å². The molecule has 66 valence electrons. The van der Waals surface area contributed by atoms with Crippen molar-refractivity contribution in [2.75, 3.05) is 5.73 Å². The summed E-state index contributed by atoms with van der Waals surface area (Å²) < 4.78 is 1.39. The third kappa shape index (κ3) is 1.39. The van der Waals surface area contributed by atoms with Gasteiger partial charge >= 0.3 is 5.97 Å². The molecule has 0 fully saturated rings. The second-order valence-corrected chi connectivity index (χ2v) is 2.67. The van der Waals surface area contributed by atoms with Crippen molar-refractivity contribution >= 4 is 11.8 Å². The highest BCUT2D eigenvalue weighted by Gasteiger charge is 2.15. The molecule has 0 amide bonds. The first-order valence-electron chi connectivity index (χ1n) is 3.57. The summed E-state index contributed by atoms with van der Waals surface area (Å²) in [6.07, 6.45) is 0. The molecule has 0 saturated heterocycles. The van der Waals surface area contributed by atoms with E-state index in [1.54, 1.807) is 19.9 Å². The normalized spacial score (nSPS) is 12.8. The number of carboxylic acid groups (broad SMARTS) is 1. The molecule has 1 aromatic heterocycles. The lowest BCUT2D eigenvalue weighted by Crippen LogP contribution is -2.17. The van der Waals surface area contributed by atoms with Crippen LogP contribution in [0.1, 0.15) is 18.7 Å². The molecule has 0 aliphatic carbocycles. The van der Waals surface area contributed by atoms with E-state index in [1.165, 1.54) is 4.68 Å². The molecular weight excluding hydrogens is 158 g/mol. The van der Waals surface area contributed by atoms with Gasteiger partial charge in [-0.3, -0.25) is 4.68 Å². The van der Waals surface area contributed by atoms with E-state index in [4.69, 9.17) is 10.8 Å². The molecule has 0 aliphatic heterocycles. The molecule has 0 aliphatic rings. The summed E-state index contributed by atoms with van der Waals surface area (Å²) in [6.45, 7) is 3.32. The summed E-state index contributed by atoms with van der Waals surface area (Å²) in [6, 6.07) is 0.974. The van der Waals surface area contributed by atoms with Gasteiger partial charge in [-0.25, -0.2) is 4.79 Å². The zero-order valence-electron chi connectivity index (χ0n) is 6.98. The molecule has 0 saturated carbocycles. The Bertz CT molecular complexity index is 306. The summed E-state index contributed by atoms with van der Waals surface area (Å²) >= 11 is 0. The van der Waals surface area contributed by atoms with E-state index in [2.05, 4.69) is 5.10 Å². The number of nitrogens with zero attached hydrogens (tertiary/aromatic N) is 2. The second-order valence-electron chi connectivity index (χ2n) is 2.67. The molecular formula is C7H11N3O2. The topological polar surface area (TPSA) is 81.1 Å². The van der Waals surface area contributed by atoms with Gasteiger partial charge < -0.3 is 10.8 Å². The van der Waals surface area contributed by atoms with Gasteiger partial charge in [-0.1, -0.05) is 0 Å². The minimum Gasteiger partial charge on any atom is -0.480 e. The zero-order chi connectivity index (χ0) is 9.30. The van der Waals surface area contributed by atoms with Crippen LogP contribution < -0.4 is 5.73 Å². The van der Waals surface area contributed by atoms with Gasteiger partial charge in [0.05, 0.1) is 0 Å². The Morgan fingerprint density at radius 2 is 2.42 bits per heavy atom. The van der Waals surface area contributed by atoms with Gasteiger partial charge in [0.25, 0.3) is 0 Å². The van der Waals surface area contributed by atoms with Crippen molar-refractivity contribution in [1.29, 1.82) is 0 Å². The first kappa shape index (κ1) is 8.58. The SMILES string of the molecule is Cc1cc(N)nn1[C@@H](C)C(=O)O. The number of nitrogen functional groups attached to an aromatic ring is 1. The Morgan fingerprint density at radius 1 is 1.83 bits per heavy atom. The number of carboxylic acids is 1. The molecule has 1 atom stereocenters. The number of hydrogen-bond acceptors (Lipinski definition) is 3. The molecule has 5 heteroatoms. The van der Waals surface area contributed by atoms with Gasteiger partial charge in [-0.05, 0) is 13.8 Å². The average Bonchev–Trinajstić information content (AvgIpc) is 2.28. The van der Waals surface area contributed by atoms with Crippen LogP contribution in [0.15, 0.2) is 6.07 Å². The predicted molar refractivity (Wildman–Crippen MR) is 43.7 cm³/mol. The van der Waals surface area contributed by atoms with Gasteiger partial charge in [0.2, 0.25) is 0 Å². The van der Waals surface area contributed by atoms with Crippen LogP contribution >= 0.6 is 0 Å². The van der Waals surface area contributed by atoms with Crippen molar-refractivity contribution in [1.82, 2.24) is 9.78 Å². The number of aliphatic carboxylic acids is 1. The van der Waals surface area contributed by atoms with Gasteiger partial charge in [-0.2, -0.15) is 5.10 Å². The highest BCUT2D eigenvalue weighted by Crippen LogP contribution is 2.11. The van der Waals surface area contributed by atoms with Crippen LogP contribution in [-0.2, 0) is 4.79 Å². The van der Waals surface area contributed by atoms with Crippen molar-refractivity contribution in [3.63, 3.8) is 0 Å². The smallest absolute Gasteiger partial charge is 0.328 e. The summed E-state index contributed by atoms with van der Waals surface area (Å²) in [7, 11) is 0. The van der Waals surface area contributed by atoms with Crippen molar-refractivity contribution in [3.05, 3.63) is 11.8 Å². The van der Waals surface area contributed by atoms with Crippen molar-refractivity contribution < 1.29 is 9.90 Å². The van der Waals surface area contributed by atoms with Gasteiger partial charge in [-0.15, -0.1) is 0 Å². The van der Waals surface area contributed by atoms with Crippen LogP contribution in [0.4, 0.5) is 5.82 Å². The van der Waals surface area contributed by atoms with Crippen LogP contribution in [0.5, 0.6) is 0 Å². The minimum absolute atomic E-state index is 0.348. The molecule has 5 nitrogen and oxygen atoms in total. The lowest BCUT2D eigenvalue weighted by molar-refractivity contribution is -0.140. The summed E-state index contributed by atoms with van der Waals surface area (Å²) in [5.74, 6) is -0.568. The van der Waals surface area contributed by atoms with Crippen LogP contribution in [0, 0.1) is 6.92 Å².